The molecule has 1 aromatic rings. The number of carboxylic acid groups (broad SMARTS) is 1. The summed E-state index contributed by atoms with van der Waals surface area (Å²) < 4.78 is 17.0. The van der Waals surface area contributed by atoms with Gasteiger partial charge in [0.2, 0.25) is 29.4 Å². The van der Waals surface area contributed by atoms with Crippen LogP contribution in [0.3, 0.4) is 0 Å². The highest BCUT2D eigenvalue weighted by molar-refractivity contribution is 6.26. The summed E-state index contributed by atoms with van der Waals surface area (Å²) in [4.78, 5) is 138. The van der Waals surface area contributed by atoms with Gasteiger partial charge < -0.3 is 51.0 Å². The van der Waals surface area contributed by atoms with Crippen LogP contribution in [0.2, 0.25) is 0 Å². The average molecular weight is 1050 g/mol. The van der Waals surface area contributed by atoms with Crippen molar-refractivity contribution >= 4 is 82.3 Å². The lowest BCUT2D eigenvalue weighted by atomic mass is 9.45. The van der Waals surface area contributed by atoms with Gasteiger partial charge in [-0.05, 0) is 80.7 Å². The van der Waals surface area contributed by atoms with Crippen LogP contribution in [-0.2, 0) is 68.8 Å². The van der Waals surface area contributed by atoms with E-state index in [1.807, 2.05) is 20.8 Å². The number of alkyl carbamates (subject to hydrolysis) is 1. The number of ketones is 2. The van der Waals surface area contributed by atoms with Gasteiger partial charge in [-0.3, -0.25) is 52.8 Å². The lowest BCUT2D eigenvalue weighted by Gasteiger charge is -2.64. The molecule has 0 radical (unpaired) electrons. The van der Waals surface area contributed by atoms with Gasteiger partial charge in [0.05, 0.1) is 11.0 Å². The molecule has 400 valence electrons. The number of imide groups is 1. The summed E-state index contributed by atoms with van der Waals surface area (Å²) >= 11 is 7.58. The highest BCUT2D eigenvalue weighted by atomic mass is 35.5. The number of carboxylic acids is 1. The fraction of sp³-hybridized carbons (Fsp3) is 0.549. The highest BCUT2D eigenvalue weighted by Crippen LogP contribution is 2.72. The minimum Gasteiger partial charge on any atom is -0.481 e. The largest absolute Gasteiger partial charge is 0.481 e. The van der Waals surface area contributed by atoms with E-state index < -0.39 is 131 Å². The van der Waals surface area contributed by atoms with Crippen molar-refractivity contribution in [2.45, 2.75) is 121 Å². The minimum absolute atomic E-state index is 0.00583. The normalized spacial score (nSPS) is 28.3. The molecule has 22 nitrogen and oxygen atoms in total. The fourth-order valence-electron chi connectivity index (χ4n) is 11.4. The number of esters is 1. The van der Waals surface area contributed by atoms with Crippen molar-refractivity contribution in [3.05, 3.63) is 65.8 Å². The predicted octanol–water partition coefficient (Wildman–Crippen LogP) is 2.26. The Hall–Kier alpha value is -6.78. The van der Waals surface area contributed by atoms with Crippen molar-refractivity contribution in [3.8, 4) is 0 Å². The minimum atomic E-state index is -1.69. The van der Waals surface area contributed by atoms with E-state index in [2.05, 4.69) is 26.6 Å². The van der Waals surface area contributed by atoms with Crippen LogP contribution in [0.25, 0.3) is 0 Å². The number of halogens is 1. The standard InChI is InChI=1S/C51H63ClN6O16/c1-6-44(68)74-51(28(2)21-35-34-12-9-31-22-33(59)17-19-48(31,4)50(34,52)37(60)23-49(35,51)5)38(61)26-72-27-54-40(63)24-53-47(71)73-25-30-7-10-32(11-8-30)56-45(69)29(3)55-46(70)36(13-16-43(66)67)57-39(62)18-20-58-41(64)14-15-42(58)65/h7-8,10-11,14-15,17,19,22,28-29,34-37,60H,6,9,12-13,16,18,20-21,23-27H2,1-5H3,(H,53,71)(H,54,63)(H,55,70)(H,56,69)(H,57,62)(H,66,67)/t28-,29-,34-,35?,36-,37-,48-,49-,50-,51-/m0/s1. The molecule has 1 aliphatic heterocycles. The maximum Gasteiger partial charge on any atom is 0.407 e. The number of aliphatic hydroxyl groups is 1. The topological polar surface area (TPSA) is 319 Å². The van der Waals surface area contributed by atoms with Gasteiger partial charge in [-0.15, -0.1) is 11.6 Å². The molecule has 10 atom stereocenters. The molecular weight excluding hydrogens is 988 g/mol. The van der Waals surface area contributed by atoms with Gasteiger partial charge in [0.25, 0.3) is 11.8 Å². The Morgan fingerprint density at radius 2 is 1.59 bits per heavy atom. The summed E-state index contributed by atoms with van der Waals surface area (Å²) in [6.07, 6.45) is 5.36. The Morgan fingerprint density at radius 3 is 2.26 bits per heavy atom. The average Bonchev–Trinajstić information content (AvgIpc) is 3.79. The van der Waals surface area contributed by atoms with Crippen LogP contribution in [0, 0.1) is 28.6 Å². The number of fused-ring (bicyclic) bond motifs is 5. The van der Waals surface area contributed by atoms with E-state index in [4.69, 9.17) is 30.9 Å². The summed E-state index contributed by atoms with van der Waals surface area (Å²) in [6, 6.07) is 3.57. The molecule has 4 aliphatic carbocycles. The number of amides is 7. The SMILES string of the molecule is CCC(=O)O[C@]1(C(=O)COCNC(=O)CNC(=O)OCc2ccc(NC(=O)[C@H](C)NC(=O)[C@H](CCC(=O)O)NC(=O)CCN3C(=O)C=CC3=O)cc2)[C@@H](C)CC2[C@@H]3CCC4=CC(=O)C=C[C@]4(C)[C@@]3(Cl)[C@@H](O)C[C@@]21C. The summed E-state index contributed by atoms with van der Waals surface area (Å²) in [7, 11) is 0. The molecule has 0 aromatic heterocycles. The number of rotatable bonds is 22. The predicted molar refractivity (Wildman–Crippen MR) is 261 cm³/mol. The van der Waals surface area contributed by atoms with E-state index in [0.29, 0.717) is 30.5 Å². The number of aliphatic hydroxyl groups excluding tert-OH is 1. The number of ether oxygens (including phenoxy) is 3. The number of benzene rings is 1. The first kappa shape index (κ1) is 56.5. The fourth-order valence-corrected chi connectivity index (χ4v) is 12.0. The second-order valence-electron chi connectivity index (χ2n) is 19.8. The summed E-state index contributed by atoms with van der Waals surface area (Å²) in [5, 5.41) is 33.4. The third-order valence-electron chi connectivity index (χ3n) is 15.3. The van der Waals surface area contributed by atoms with Crippen molar-refractivity contribution in [2.75, 3.05) is 31.7 Å². The Balaban J connectivity index is 0.930. The third-order valence-corrected chi connectivity index (χ3v) is 16.2. The van der Waals surface area contributed by atoms with E-state index in [1.54, 1.807) is 19.1 Å². The molecule has 0 saturated heterocycles. The van der Waals surface area contributed by atoms with Crippen LogP contribution in [0.5, 0.6) is 0 Å². The summed E-state index contributed by atoms with van der Waals surface area (Å²) in [5.41, 5.74) is -1.92. The second-order valence-corrected chi connectivity index (χ2v) is 20.4. The molecule has 74 heavy (non-hydrogen) atoms. The number of Topliss-reactive ketones (excluding diaryl/α,β-unsaturated/α-hetero) is 1. The first-order valence-corrected chi connectivity index (χ1v) is 24.8. The van der Waals surface area contributed by atoms with Crippen LogP contribution in [0.4, 0.5) is 10.5 Å². The zero-order chi connectivity index (χ0) is 54.3. The van der Waals surface area contributed by atoms with E-state index in [9.17, 15) is 57.8 Å². The molecule has 7 amide bonds. The zero-order valence-corrected chi connectivity index (χ0v) is 42.5. The Kier molecular flexibility index (Phi) is 17.7. The first-order chi connectivity index (χ1) is 34.9. The van der Waals surface area contributed by atoms with Crippen LogP contribution < -0.4 is 26.6 Å². The van der Waals surface area contributed by atoms with Gasteiger partial charge in [0.1, 0.15) is 38.6 Å². The Morgan fingerprint density at radius 1 is 0.905 bits per heavy atom. The molecule has 0 bridgehead atoms. The quantitative estimate of drug-likeness (QED) is 0.0288. The number of carbonyl (C=O) groups excluding carboxylic acids is 10. The van der Waals surface area contributed by atoms with E-state index in [0.717, 1.165) is 22.6 Å². The van der Waals surface area contributed by atoms with E-state index >= 15 is 0 Å². The summed E-state index contributed by atoms with van der Waals surface area (Å²) in [5.74, 6) is -7.65. The van der Waals surface area contributed by atoms with Crippen LogP contribution >= 0.6 is 11.6 Å². The van der Waals surface area contributed by atoms with E-state index in [1.165, 1.54) is 37.3 Å². The van der Waals surface area contributed by atoms with Gasteiger partial charge in [-0.1, -0.05) is 51.5 Å². The van der Waals surface area contributed by atoms with Gasteiger partial charge >= 0.3 is 18.0 Å². The van der Waals surface area contributed by atoms with Crippen molar-refractivity contribution in [2.24, 2.45) is 28.6 Å². The number of hydrogen-bond acceptors (Lipinski definition) is 15. The lowest BCUT2D eigenvalue weighted by Crippen LogP contribution is -2.69. The van der Waals surface area contributed by atoms with Gasteiger partial charge in [-0.2, -0.15) is 0 Å². The smallest absolute Gasteiger partial charge is 0.407 e. The van der Waals surface area contributed by atoms with Gasteiger partial charge in [-0.25, -0.2) is 4.79 Å². The number of nitrogens with one attached hydrogen (secondary N) is 5. The van der Waals surface area contributed by atoms with Gasteiger partial charge in [0, 0.05) is 60.4 Å². The van der Waals surface area contributed by atoms with Crippen LogP contribution in [0.1, 0.15) is 91.5 Å². The van der Waals surface area contributed by atoms with Crippen LogP contribution in [0.15, 0.2) is 60.2 Å². The molecule has 1 aromatic carbocycles. The molecule has 1 heterocycles. The number of nitrogens with zero attached hydrogens (tertiary/aromatic N) is 1. The van der Waals surface area contributed by atoms with Crippen molar-refractivity contribution in [3.63, 3.8) is 0 Å². The molecule has 3 saturated carbocycles. The molecular formula is C51H63ClN6O16. The molecule has 0 spiro atoms. The lowest BCUT2D eigenvalue weighted by molar-refractivity contribution is -0.203. The highest BCUT2D eigenvalue weighted by Gasteiger charge is 2.76. The monoisotopic (exact) mass is 1050 g/mol. The maximum atomic E-state index is 14.4. The molecule has 3 fully saturated rings. The Labute approximate surface area is 431 Å². The maximum absolute atomic E-state index is 14.4. The molecule has 6 rings (SSSR count). The van der Waals surface area contributed by atoms with Crippen molar-refractivity contribution < 1.29 is 77.2 Å². The summed E-state index contributed by atoms with van der Waals surface area (Å²) in [6.45, 7) is 6.63. The van der Waals surface area contributed by atoms with Crippen molar-refractivity contribution in [1.82, 2.24) is 26.2 Å². The molecule has 23 heteroatoms. The number of allylic oxidation sites excluding steroid dienone is 4. The van der Waals surface area contributed by atoms with Crippen molar-refractivity contribution in [1.29, 1.82) is 0 Å². The van der Waals surface area contributed by atoms with Gasteiger partial charge in [0.15, 0.2) is 11.4 Å². The third kappa shape index (κ3) is 11.6. The zero-order valence-electron chi connectivity index (χ0n) is 41.8. The number of alkyl halides is 1. The number of aliphatic carboxylic acids is 1. The number of anilines is 1. The number of hydrogen-bond donors (Lipinski definition) is 7. The van der Waals surface area contributed by atoms with Crippen LogP contribution in [-0.4, -0.2) is 135 Å². The number of carbonyl (C=O) groups is 11. The first-order valence-electron chi connectivity index (χ1n) is 24.5. The molecule has 7 N–H and O–H groups in total. The molecule has 1 unspecified atom stereocenters. The molecule has 5 aliphatic rings. The second kappa shape index (κ2) is 23.2. The van der Waals surface area contributed by atoms with E-state index in [-0.39, 0.29) is 56.5 Å². The Bertz CT molecular complexity index is 2530.